The van der Waals surface area contributed by atoms with Crippen molar-refractivity contribution >= 4 is 10.0 Å². The summed E-state index contributed by atoms with van der Waals surface area (Å²) in [6.45, 7) is 1.75. The van der Waals surface area contributed by atoms with Crippen LogP contribution in [0.5, 0.6) is 0 Å². The topological polar surface area (TPSA) is 49.4 Å². The molecule has 0 saturated heterocycles. The van der Waals surface area contributed by atoms with Crippen molar-refractivity contribution in [3.63, 3.8) is 0 Å². The zero-order valence-corrected chi connectivity index (χ0v) is 12.3. The Morgan fingerprint density at radius 1 is 1.30 bits per heavy atom. The molecule has 4 nitrogen and oxygen atoms in total. The van der Waals surface area contributed by atoms with E-state index in [0.717, 1.165) is 16.4 Å². The minimum atomic E-state index is -4.57. The minimum absolute atomic E-state index is 0.175. The minimum Gasteiger partial charge on any atom is -0.318 e. The van der Waals surface area contributed by atoms with E-state index in [1.807, 2.05) is 0 Å². The van der Waals surface area contributed by atoms with Crippen LogP contribution in [0.25, 0.3) is 0 Å². The summed E-state index contributed by atoms with van der Waals surface area (Å²) in [5.74, 6) is 0. The van der Waals surface area contributed by atoms with Crippen LogP contribution < -0.4 is 5.32 Å². The van der Waals surface area contributed by atoms with Crippen molar-refractivity contribution < 1.29 is 21.6 Å². The van der Waals surface area contributed by atoms with Crippen LogP contribution in [0, 0.1) is 6.92 Å². The number of likely N-dealkylation sites (N-methyl/N-ethyl adjacent to an activating group) is 2. The van der Waals surface area contributed by atoms with Gasteiger partial charge in [-0.1, -0.05) is 6.07 Å². The number of rotatable bonds is 5. The van der Waals surface area contributed by atoms with Gasteiger partial charge in [0.2, 0.25) is 10.0 Å². The van der Waals surface area contributed by atoms with Crippen LogP contribution in [0.3, 0.4) is 0 Å². The van der Waals surface area contributed by atoms with Crippen LogP contribution in [0.1, 0.15) is 11.1 Å². The average Bonchev–Trinajstić information content (AvgIpc) is 2.34. The van der Waals surface area contributed by atoms with Crippen molar-refractivity contribution in [3.05, 3.63) is 29.3 Å². The van der Waals surface area contributed by atoms with Gasteiger partial charge in [-0.05, 0) is 31.7 Å². The van der Waals surface area contributed by atoms with Crippen LogP contribution >= 0.6 is 0 Å². The van der Waals surface area contributed by atoms with E-state index in [4.69, 9.17) is 0 Å². The van der Waals surface area contributed by atoms with Crippen molar-refractivity contribution in [2.45, 2.75) is 18.0 Å². The molecular formula is C12H17F3N2O2S. The van der Waals surface area contributed by atoms with Crippen molar-refractivity contribution in [2.24, 2.45) is 0 Å². The first-order chi connectivity index (χ1) is 9.12. The summed E-state index contributed by atoms with van der Waals surface area (Å²) in [5, 5.41) is 2.79. The molecule has 0 aliphatic carbocycles. The zero-order chi connectivity index (χ0) is 15.6. The Morgan fingerprint density at radius 3 is 2.40 bits per heavy atom. The lowest BCUT2D eigenvalue weighted by Gasteiger charge is -2.20. The summed E-state index contributed by atoms with van der Waals surface area (Å²) in [4.78, 5) is -0.314. The number of sulfonamides is 1. The predicted octanol–water partition coefficient (Wildman–Crippen LogP) is 1.85. The summed E-state index contributed by atoms with van der Waals surface area (Å²) in [5.41, 5.74) is -1.21. The summed E-state index contributed by atoms with van der Waals surface area (Å²) >= 11 is 0. The Balaban J connectivity index is 3.27. The molecule has 0 aliphatic heterocycles. The third kappa shape index (κ3) is 3.50. The third-order valence-corrected chi connectivity index (χ3v) is 4.96. The molecule has 8 heteroatoms. The first-order valence-corrected chi connectivity index (χ1v) is 7.34. The average molecular weight is 310 g/mol. The van der Waals surface area contributed by atoms with E-state index in [2.05, 4.69) is 5.32 Å². The smallest absolute Gasteiger partial charge is 0.318 e. The fourth-order valence-corrected chi connectivity index (χ4v) is 3.17. The molecule has 0 bridgehead atoms. The van der Waals surface area contributed by atoms with E-state index in [9.17, 15) is 21.6 Å². The van der Waals surface area contributed by atoms with E-state index < -0.39 is 21.8 Å². The second kappa shape index (κ2) is 6.11. The first kappa shape index (κ1) is 16.9. The summed E-state index contributed by atoms with van der Waals surface area (Å²) in [6, 6.07) is 3.17. The van der Waals surface area contributed by atoms with E-state index in [1.54, 1.807) is 7.05 Å². The quantitative estimate of drug-likeness (QED) is 0.903. The lowest BCUT2D eigenvalue weighted by molar-refractivity contribution is -0.138. The molecule has 1 aromatic carbocycles. The van der Waals surface area contributed by atoms with Crippen molar-refractivity contribution in [2.75, 3.05) is 27.2 Å². The van der Waals surface area contributed by atoms with Crippen LogP contribution in [0.2, 0.25) is 0 Å². The molecule has 0 heterocycles. The number of hydrogen-bond acceptors (Lipinski definition) is 3. The number of benzene rings is 1. The molecule has 0 radical (unpaired) electrons. The molecular weight excluding hydrogens is 293 g/mol. The highest BCUT2D eigenvalue weighted by Crippen LogP contribution is 2.34. The maximum absolute atomic E-state index is 12.8. The number of hydrogen-bond donors (Lipinski definition) is 1. The number of nitrogens with zero attached hydrogens (tertiary/aromatic N) is 1. The maximum Gasteiger partial charge on any atom is 0.416 e. The first-order valence-electron chi connectivity index (χ1n) is 5.90. The van der Waals surface area contributed by atoms with Gasteiger partial charge in [0, 0.05) is 20.1 Å². The molecule has 0 saturated carbocycles. The maximum atomic E-state index is 12.8. The number of alkyl halides is 3. The predicted molar refractivity (Wildman–Crippen MR) is 69.9 cm³/mol. The Bertz CT molecular complexity index is 571. The molecule has 0 atom stereocenters. The molecule has 0 fully saturated rings. The lowest BCUT2D eigenvalue weighted by atomic mass is 10.1. The van der Waals surface area contributed by atoms with Gasteiger partial charge in [-0.15, -0.1) is 0 Å². The highest BCUT2D eigenvalue weighted by Gasteiger charge is 2.35. The largest absolute Gasteiger partial charge is 0.416 e. The van der Waals surface area contributed by atoms with Crippen molar-refractivity contribution in [1.82, 2.24) is 9.62 Å². The number of halogens is 3. The van der Waals surface area contributed by atoms with E-state index >= 15 is 0 Å². The second-order valence-corrected chi connectivity index (χ2v) is 6.37. The van der Waals surface area contributed by atoms with Crippen LogP contribution in [-0.4, -0.2) is 39.9 Å². The molecule has 0 spiro atoms. The van der Waals surface area contributed by atoms with E-state index in [-0.39, 0.29) is 17.0 Å². The van der Waals surface area contributed by atoms with Gasteiger partial charge in [-0.2, -0.15) is 17.5 Å². The van der Waals surface area contributed by atoms with Crippen LogP contribution in [0.15, 0.2) is 23.1 Å². The molecule has 0 unspecified atom stereocenters. The Morgan fingerprint density at radius 2 is 1.90 bits per heavy atom. The van der Waals surface area contributed by atoms with E-state index in [1.165, 1.54) is 20.0 Å². The molecule has 0 amide bonds. The van der Waals surface area contributed by atoms with Gasteiger partial charge < -0.3 is 5.32 Å². The Kier molecular flexibility index (Phi) is 5.17. The molecule has 0 aromatic heterocycles. The summed E-state index contributed by atoms with van der Waals surface area (Å²) < 4.78 is 64.0. The van der Waals surface area contributed by atoms with Gasteiger partial charge in [-0.3, -0.25) is 0 Å². The Labute approximate surface area is 116 Å². The molecule has 114 valence electrons. The zero-order valence-electron chi connectivity index (χ0n) is 11.5. The molecule has 1 N–H and O–H groups in total. The fourth-order valence-electron chi connectivity index (χ4n) is 1.76. The molecule has 1 aromatic rings. The lowest BCUT2D eigenvalue weighted by Crippen LogP contribution is -2.33. The van der Waals surface area contributed by atoms with Gasteiger partial charge in [-0.25, -0.2) is 8.42 Å². The molecule has 0 aliphatic rings. The van der Waals surface area contributed by atoms with Gasteiger partial charge in [0.15, 0.2) is 0 Å². The van der Waals surface area contributed by atoms with Crippen molar-refractivity contribution in [1.29, 1.82) is 0 Å². The summed E-state index contributed by atoms with van der Waals surface area (Å²) in [7, 11) is -0.929. The van der Waals surface area contributed by atoms with E-state index in [0.29, 0.717) is 6.54 Å². The SMILES string of the molecule is CNCCN(C)S(=O)(=O)c1cccc(C(F)(F)F)c1C. The van der Waals surface area contributed by atoms with Gasteiger partial charge in [0.1, 0.15) is 0 Å². The monoisotopic (exact) mass is 310 g/mol. The van der Waals surface area contributed by atoms with Gasteiger partial charge >= 0.3 is 6.18 Å². The normalized spacial score (nSPS) is 12.9. The van der Waals surface area contributed by atoms with Crippen LogP contribution in [0.4, 0.5) is 13.2 Å². The highest BCUT2D eigenvalue weighted by molar-refractivity contribution is 7.89. The third-order valence-electron chi connectivity index (χ3n) is 2.95. The van der Waals surface area contributed by atoms with Gasteiger partial charge in [0.05, 0.1) is 10.5 Å². The highest BCUT2D eigenvalue weighted by atomic mass is 32.2. The van der Waals surface area contributed by atoms with Gasteiger partial charge in [0.25, 0.3) is 0 Å². The fraction of sp³-hybridized carbons (Fsp3) is 0.500. The Hall–Kier alpha value is -1.12. The number of nitrogens with one attached hydrogen (secondary N) is 1. The summed E-state index contributed by atoms with van der Waals surface area (Å²) in [6.07, 6.45) is -4.57. The molecule has 20 heavy (non-hydrogen) atoms. The second-order valence-electron chi connectivity index (χ2n) is 4.36. The van der Waals surface area contributed by atoms with Crippen molar-refractivity contribution in [3.8, 4) is 0 Å². The standard InChI is InChI=1S/C12H17F3N2O2S/c1-9-10(12(13,14)15)5-4-6-11(9)20(18,19)17(3)8-7-16-2/h4-6,16H,7-8H2,1-3H3. The van der Waals surface area contributed by atoms with Crippen LogP contribution in [-0.2, 0) is 16.2 Å². The molecule has 1 rings (SSSR count).